The Bertz CT molecular complexity index is 711. The normalized spacial score (nSPS) is 10.6. The summed E-state index contributed by atoms with van der Waals surface area (Å²) in [5.41, 5.74) is 1.80. The van der Waals surface area contributed by atoms with Gasteiger partial charge in [0.2, 0.25) is 12.3 Å². The highest BCUT2D eigenvalue weighted by molar-refractivity contribution is 9.11. The third-order valence-electron chi connectivity index (χ3n) is 2.63. The fourth-order valence-corrected chi connectivity index (χ4v) is 3.11. The van der Waals surface area contributed by atoms with Gasteiger partial charge in [0.25, 0.3) is 5.89 Å². The van der Waals surface area contributed by atoms with Gasteiger partial charge in [0.05, 0.1) is 5.56 Å². The number of rotatable bonds is 4. The summed E-state index contributed by atoms with van der Waals surface area (Å²) in [5, 5.41) is 10.6. The lowest BCUT2D eigenvalue weighted by atomic mass is 10.2. The second kappa shape index (κ2) is 6.31. The van der Waals surface area contributed by atoms with Crippen molar-refractivity contribution in [1.29, 1.82) is 0 Å². The maximum atomic E-state index is 5.08. The van der Waals surface area contributed by atoms with Gasteiger partial charge in [0.1, 0.15) is 0 Å². The van der Waals surface area contributed by atoms with Crippen molar-refractivity contribution in [3.05, 3.63) is 51.5 Å². The molecule has 0 fully saturated rings. The molecule has 0 unspecified atom stereocenters. The van der Waals surface area contributed by atoms with Crippen LogP contribution in [0.25, 0.3) is 11.5 Å². The van der Waals surface area contributed by atoms with Gasteiger partial charge in [-0.05, 0) is 23.8 Å². The molecule has 0 amide bonds. The van der Waals surface area contributed by atoms with Gasteiger partial charge < -0.3 is 9.73 Å². The number of hydrogen-bond acceptors (Lipinski definition) is 6. The minimum atomic E-state index is 0.400. The van der Waals surface area contributed by atoms with Crippen LogP contribution in [0, 0.1) is 0 Å². The Hall–Kier alpha value is -1.80. The summed E-state index contributed by atoms with van der Waals surface area (Å²) >= 11 is 6.92. The number of nitrogens with one attached hydrogen (secondary N) is 1. The van der Waals surface area contributed by atoms with E-state index >= 15 is 0 Å². The quantitative estimate of drug-likeness (QED) is 0.707. The number of nitrogens with zero attached hydrogens (tertiary/aromatic N) is 4. The molecule has 6 nitrogen and oxygen atoms in total. The Morgan fingerprint density at radius 1 is 1.05 bits per heavy atom. The molecule has 3 aromatic rings. The van der Waals surface area contributed by atoms with Crippen molar-refractivity contribution < 1.29 is 4.42 Å². The summed E-state index contributed by atoms with van der Waals surface area (Å²) in [4.78, 5) is 8.44. The zero-order valence-electron chi connectivity index (χ0n) is 10.6. The van der Waals surface area contributed by atoms with Crippen LogP contribution in [0.15, 0.2) is 50.3 Å². The zero-order valence-corrected chi connectivity index (χ0v) is 13.8. The smallest absolute Gasteiger partial charge is 0.250 e. The highest BCUT2D eigenvalue weighted by atomic mass is 79.9. The first-order valence-electron chi connectivity index (χ1n) is 5.98. The Balaban J connectivity index is 1.68. The maximum absolute atomic E-state index is 5.08. The first-order chi connectivity index (χ1) is 10.2. The molecule has 8 heteroatoms. The molecule has 0 aliphatic carbocycles. The molecular weight excluding hydrogens is 402 g/mol. The van der Waals surface area contributed by atoms with Crippen molar-refractivity contribution in [3.8, 4) is 11.5 Å². The second-order valence-electron chi connectivity index (χ2n) is 4.17. The van der Waals surface area contributed by atoms with Gasteiger partial charge in [-0.15, -0.1) is 10.2 Å². The van der Waals surface area contributed by atoms with E-state index < -0.39 is 0 Å². The van der Waals surface area contributed by atoms with Crippen LogP contribution in [0.3, 0.4) is 0 Å². The number of halogens is 2. The summed E-state index contributed by atoms with van der Waals surface area (Å²) in [5.74, 6) is 0.937. The lowest BCUT2D eigenvalue weighted by molar-refractivity contribution is 0.568. The van der Waals surface area contributed by atoms with Crippen molar-refractivity contribution >= 4 is 37.8 Å². The van der Waals surface area contributed by atoms with E-state index in [4.69, 9.17) is 4.42 Å². The molecule has 0 atom stereocenters. The summed E-state index contributed by atoms with van der Waals surface area (Å²) in [7, 11) is 0. The topological polar surface area (TPSA) is 76.7 Å². The Kier molecular flexibility index (Phi) is 4.26. The van der Waals surface area contributed by atoms with E-state index in [1.54, 1.807) is 12.4 Å². The predicted octanol–water partition coefficient (Wildman–Crippen LogP) is 3.66. The van der Waals surface area contributed by atoms with E-state index in [-0.39, 0.29) is 0 Å². The molecule has 0 bridgehead atoms. The summed E-state index contributed by atoms with van der Waals surface area (Å²) < 4.78 is 7.11. The van der Waals surface area contributed by atoms with Crippen LogP contribution in [0.2, 0.25) is 0 Å². The molecule has 0 saturated carbocycles. The highest BCUT2D eigenvalue weighted by Crippen LogP contribution is 2.20. The minimum Gasteiger partial charge on any atom is -0.423 e. The molecule has 106 valence electrons. The Morgan fingerprint density at radius 3 is 2.38 bits per heavy atom. The third-order valence-corrected chi connectivity index (χ3v) is 3.55. The molecule has 1 N–H and O–H groups in total. The summed E-state index contributed by atoms with van der Waals surface area (Å²) in [6.45, 7) is 0.623. The van der Waals surface area contributed by atoms with Crippen LogP contribution in [0.5, 0.6) is 0 Å². The minimum absolute atomic E-state index is 0.400. The zero-order chi connectivity index (χ0) is 14.7. The average Bonchev–Trinajstić information content (AvgIpc) is 2.99. The molecular formula is C13H9Br2N5O. The predicted molar refractivity (Wildman–Crippen MR) is 84.5 cm³/mol. The lowest BCUT2D eigenvalue weighted by Crippen LogP contribution is -2.03. The van der Waals surface area contributed by atoms with Crippen LogP contribution in [0.4, 0.5) is 5.95 Å². The van der Waals surface area contributed by atoms with Gasteiger partial charge in [-0.1, -0.05) is 31.9 Å². The first kappa shape index (κ1) is 14.2. The molecule has 0 spiro atoms. The fraction of sp³-hybridized carbons (Fsp3) is 0.0769. The molecule has 21 heavy (non-hydrogen) atoms. The third kappa shape index (κ3) is 3.64. The van der Waals surface area contributed by atoms with Crippen LogP contribution in [-0.4, -0.2) is 20.2 Å². The molecule has 1 aromatic carbocycles. The lowest BCUT2D eigenvalue weighted by Gasteiger charge is -2.06. The van der Waals surface area contributed by atoms with Gasteiger partial charge >= 0.3 is 0 Å². The molecule has 0 radical (unpaired) electrons. The van der Waals surface area contributed by atoms with Crippen molar-refractivity contribution in [2.45, 2.75) is 6.54 Å². The summed E-state index contributed by atoms with van der Waals surface area (Å²) in [6, 6.07) is 6.05. The van der Waals surface area contributed by atoms with Gasteiger partial charge in [0, 0.05) is 27.9 Å². The molecule has 0 saturated heterocycles. The highest BCUT2D eigenvalue weighted by Gasteiger charge is 2.05. The van der Waals surface area contributed by atoms with Gasteiger partial charge in [-0.2, -0.15) is 0 Å². The van der Waals surface area contributed by atoms with Crippen molar-refractivity contribution in [2.75, 3.05) is 5.32 Å². The Morgan fingerprint density at radius 2 is 1.76 bits per heavy atom. The van der Waals surface area contributed by atoms with E-state index in [0.29, 0.717) is 23.9 Å². The van der Waals surface area contributed by atoms with Crippen molar-refractivity contribution in [2.24, 2.45) is 0 Å². The fourth-order valence-electron chi connectivity index (χ4n) is 1.72. The van der Waals surface area contributed by atoms with Crippen LogP contribution >= 0.6 is 31.9 Å². The van der Waals surface area contributed by atoms with Crippen molar-refractivity contribution in [3.63, 3.8) is 0 Å². The van der Waals surface area contributed by atoms with Gasteiger partial charge in [-0.3, -0.25) is 0 Å². The Labute approximate surface area is 137 Å². The average molecular weight is 411 g/mol. The number of benzene rings is 1. The van der Waals surface area contributed by atoms with Crippen LogP contribution in [-0.2, 0) is 6.54 Å². The van der Waals surface area contributed by atoms with E-state index in [9.17, 15) is 0 Å². The SMILES string of the molecule is Brc1cc(Br)cc(CNc2ncc(-c3nnco3)cn2)c1. The summed E-state index contributed by atoms with van der Waals surface area (Å²) in [6.07, 6.45) is 4.55. The second-order valence-corrected chi connectivity index (χ2v) is 6.00. The first-order valence-corrected chi connectivity index (χ1v) is 7.57. The number of aromatic nitrogens is 4. The van der Waals surface area contributed by atoms with E-state index in [0.717, 1.165) is 14.5 Å². The van der Waals surface area contributed by atoms with Crippen molar-refractivity contribution in [1.82, 2.24) is 20.2 Å². The largest absolute Gasteiger partial charge is 0.423 e. The van der Waals surface area contributed by atoms with Crippen LogP contribution in [0.1, 0.15) is 5.56 Å². The number of anilines is 1. The monoisotopic (exact) mass is 409 g/mol. The van der Waals surface area contributed by atoms with E-state index in [1.165, 1.54) is 6.39 Å². The molecule has 2 aromatic heterocycles. The maximum Gasteiger partial charge on any atom is 0.250 e. The standard InChI is InChI=1S/C13H9Br2N5O/c14-10-1-8(2-11(15)3-10)4-16-13-17-5-9(6-18-13)12-20-19-7-21-12/h1-3,5-7H,4H2,(H,16,17,18). The molecule has 0 aliphatic rings. The molecule has 2 heterocycles. The number of hydrogen-bond donors (Lipinski definition) is 1. The van der Waals surface area contributed by atoms with E-state index in [2.05, 4.69) is 57.3 Å². The van der Waals surface area contributed by atoms with E-state index in [1.807, 2.05) is 18.2 Å². The molecule has 3 rings (SSSR count). The van der Waals surface area contributed by atoms with Gasteiger partial charge in [0.15, 0.2) is 0 Å². The van der Waals surface area contributed by atoms with Gasteiger partial charge in [-0.25, -0.2) is 9.97 Å². The van der Waals surface area contributed by atoms with Crippen LogP contribution < -0.4 is 5.32 Å². The molecule has 0 aliphatic heterocycles.